The molecule has 19 heavy (non-hydrogen) atoms. The maximum Gasteiger partial charge on any atom is 0.242 e. The van der Waals surface area contributed by atoms with Crippen LogP contribution in [0, 0.1) is 0 Å². The second-order valence-electron chi connectivity index (χ2n) is 6.51. The van der Waals surface area contributed by atoms with Gasteiger partial charge in [0.1, 0.15) is 0 Å². The number of carbonyl (C=O) groups excluding carboxylic acids is 1. The van der Waals surface area contributed by atoms with Crippen LogP contribution in [0.3, 0.4) is 0 Å². The van der Waals surface area contributed by atoms with Gasteiger partial charge in [-0.1, -0.05) is 19.3 Å². The van der Waals surface area contributed by atoms with Crippen LogP contribution in [-0.4, -0.2) is 54.5 Å². The lowest BCUT2D eigenvalue weighted by atomic mass is 9.96. The molecule has 1 heterocycles. The maximum atomic E-state index is 12.4. The van der Waals surface area contributed by atoms with E-state index in [-0.39, 0.29) is 5.91 Å². The van der Waals surface area contributed by atoms with Crippen LogP contribution < -0.4 is 5.73 Å². The summed E-state index contributed by atoms with van der Waals surface area (Å²) in [6, 6.07) is 0.640. The zero-order valence-electron chi connectivity index (χ0n) is 12.5. The largest absolute Gasteiger partial charge is 0.344 e. The van der Waals surface area contributed by atoms with Crippen LogP contribution >= 0.6 is 0 Å². The maximum absolute atomic E-state index is 12.4. The molecule has 1 aliphatic carbocycles. The Balaban J connectivity index is 1.80. The highest BCUT2D eigenvalue weighted by Gasteiger charge is 2.38. The molecule has 0 aromatic rings. The van der Waals surface area contributed by atoms with Gasteiger partial charge in [0, 0.05) is 19.6 Å². The van der Waals surface area contributed by atoms with Crippen LogP contribution in [0.2, 0.25) is 0 Å². The first-order chi connectivity index (χ1) is 9.03. The van der Waals surface area contributed by atoms with Gasteiger partial charge in [0.05, 0.1) is 5.54 Å². The Morgan fingerprint density at radius 1 is 1.32 bits per heavy atom. The van der Waals surface area contributed by atoms with Gasteiger partial charge >= 0.3 is 0 Å². The van der Waals surface area contributed by atoms with E-state index in [1.54, 1.807) is 0 Å². The number of amides is 1. The Morgan fingerprint density at radius 3 is 2.63 bits per heavy atom. The van der Waals surface area contributed by atoms with E-state index in [0.29, 0.717) is 6.04 Å². The van der Waals surface area contributed by atoms with E-state index in [1.165, 1.54) is 25.8 Å². The smallest absolute Gasteiger partial charge is 0.242 e. The number of likely N-dealkylation sites (N-methyl/N-ethyl adjacent to an activating group) is 1. The lowest BCUT2D eigenvalue weighted by Crippen LogP contribution is -2.53. The highest BCUT2D eigenvalue weighted by molar-refractivity contribution is 5.86. The zero-order chi connectivity index (χ0) is 13.9. The molecule has 2 aliphatic rings. The summed E-state index contributed by atoms with van der Waals surface area (Å²) >= 11 is 0. The third-order valence-electron chi connectivity index (χ3n) is 4.99. The van der Waals surface area contributed by atoms with Gasteiger partial charge < -0.3 is 15.5 Å². The van der Waals surface area contributed by atoms with Crippen LogP contribution in [-0.2, 0) is 4.79 Å². The fraction of sp³-hybridized carbons (Fsp3) is 0.933. The molecule has 110 valence electrons. The van der Waals surface area contributed by atoms with Crippen LogP contribution in [0.25, 0.3) is 0 Å². The SMILES string of the molecule is CN(CCC1CCCCN1C)C(=O)C1(N)CCCC1. The Bertz CT molecular complexity index is 313. The molecule has 2 fully saturated rings. The molecule has 1 saturated carbocycles. The van der Waals surface area contributed by atoms with Gasteiger partial charge in [-0.25, -0.2) is 0 Å². The molecular formula is C15H29N3O. The minimum atomic E-state index is -0.562. The predicted octanol–water partition coefficient (Wildman–Crippen LogP) is 1.59. The van der Waals surface area contributed by atoms with Gasteiger partial charge in [0.25, 0.3) is 0 Å². The molecule has 1 amide bonds. The molecule has 0 radical (unpaired) electrons. The summed E-state index contributed by atoms with van der Waals surface area (Å²) in [4.78, 5) is 16.7. The molecule has 1 unspecified atom stereocenters. The third kappa shape index (κ3) is 3.48. The van der Waals surface area contributed by atoms with Gasteiger partial charge in [0.2, 0.25) is 5.91 Å². The average Bonchev–Trinajstić information content (AvgIpc) is 2.85. The lowest BCUT2D eigenvalue weighted by Gasteiger charge is -2.35. The zero-order valence-corrected chi connectivity index (χ0v) is 12.5. The van der Waals surface area contributed by atoms with Crippen molar-refractivity contribution in [3.05, 3.63) is 0 Å². The number of hydrogen-bond acceptors (Lipinski definition) is 3. The second-order valence-corrected chi connectivity index (χ2v) is 6.51. The van der Waals surface area contributed by atoms with E-state index in [1.807, 2.05) is 11.9 Å². The Kier molecular flexibility index (Phi) is 4.85. The van der Waals surface area contributed by atoms with Crippen LogP contribution in [0.1, 0.15) is 51.4 Å². The Labute approximate surface area is 117 Å². The number of nitrogens with two attached hydrogens (primary N) is 1. The van der Waals surface area contributed by atoms with Gasteiger partial charge in [-0.2, -0.15) is 0 Å². The molecule has 1 aliphatic heterocycles. The van der Waals surface area contributed by atoms with Crippen LogP contribution in [0.15, 0.2) is 0 Å². The summed E-state index contributed by atoms with van der Waals surface area (Å²) in [5.41, 5.74) is 5.68. The highest BCUT2D eigenvalue weighted by Crippen LogP contribution is 2.29. The molecular weight excluding hydrogens is 238 g/mol. The van der Waals surface area contributed by atoms with E-state index in [2.05, 4.69) is 11.9 Å². The monoisotopic (exact) mass is 267 g/mol. The van der Waals surface area contributed by atoms with Crippen molar-refractivity contribution >= 4 is 5.91 Å². The molecule has 1 saturated heterocycles. The quantitative estimate of drug-likeness (QED) is 0.841. The standard InChI is InChI=1S/C15H29N3O/c1-17-11-6-3-7-13(17)8-12-18(2)14(19)15(16)9-4-5-10-15/h13H,3-12,16H2,1-2H3. The normalized spacial score (nSPS) is 27.4. The first-order valence-electron chi connectivity index (χ1n) is 7.78. The molecule has 2 N–H and O–H groups in total. The van der Waals surface area contributed by atoms with Crippen molar-refractivity contribution in [1.82, 2.24) is 9.80 Å². The highest BCUT2D eigenvalue weighted by atomic mass is 16.2. The predicted molar refractivity (Wildman–Crippen MR) is 77.9 cm³/mol. The van der Waals surface area contributed by atoms with E-state index in [0.717, 1.165) is 38.6 Å². The fourth-order valence-corrected chi connectivity index (χ4v) is 3.55. The summed E-state index contributed by atoms with van der Waals surface area (Å²) in [7, 11) is 4.12. The van der Waals surface area contributed by atoms with E-state index in [4.69, 9.17) is 5.73 Å². The Morgan fingerprint density at radius 2 is 2.00 bits per heavy atom. The minimum absolute atomic E-state index is 0.156. The van der Waals surface area contributed by atoms with Crippen molar-refractivity contribution < 1.29 is 4.79 Å². The molecule has 4 heteroatoms. The summed E-state index contributed by atoms with van der Waals surface area (Å²) in [6.45, 7) is 2.04. The first-order valence-corrected chi connectivity index (χ1v) is 7.78. The van der Waals surface area contributed by atoms with Gasteiger partial charge in [-0.3, -0.25) is 4.79 Å². The first kappa shape index (κ1) is 14.8. The van der Waals surface area contributed by atoms with Gasteiger partial charge in [0.15, 0.2) is 0 Å². The van der Waals surface area contributed by atoms with Gasteiger partial charge in [-0.15, -0.1) is 0 Å². The van der Waals surface area contributed by atoms with Crippen LogP contribution in [0.5, 0.6) is 0 Å². The van der Waals surface area contributed by atoms with Crippen molar-refractivity contribution in [3.63, 3.8) is 0 Å². The number of carbonyl (C=O) groups is 1. The van der Waals surface area contributed by atoms with Crippen molar-refractivity contribution in [1.29, 1.82) is 0 Å². The molecule has 0 aromatic heterocycles. The van der Waals surface area contributed by atoms with Crippen LogP contribution in [0.4, 0.5) is 0 Å². The molecule has 0 spiro atoms. The molecule has 1 atom stereocenters. The lowest BCUT2D eigenvalue weighted by molar-refractivity contribution is -0.135. The minimum Gasteiger partial charge on any atom is -0.344 e. The summed E-state index contributed by atoms with van der Waals surface area (Å²) in [5, 5.41) is 0. The number of rotatable bonds is 4. The van der Waals surface area contributed by atoms with Crippen molar-refractivity contribution in [2.24, 2.45) is 5.73 Å². The average molecular weight is 267 g/mol. The Hall–Kier alpha value is -0.610. The van der Waals surface area contributed by atoms with E-state index < -0.39 is 5.54 Å². The summed E-state index contributed by atoms with van der Waals surface area (Å²) in [5.74, 6) is 0.156. The molecule has 0 aromatic carbocycles. The number of nitrogens with zero attached hydrogens (tertiary/aromatic N) is 2. The third-order valence-corrected chi connectivity index (χ3v) is 4.99. The fourth-order valence-electron chi connectivity index (χ4n) is 3.55. The molecule has 2 rings (SSSR count). The summed E-state index contributed by atoms with van der Waals surface area (Å²) < 4.78 is 0. The number of piperidine rings is 1. The van der Waals surface area contributed by atoms with Gasteiger partial charge in [-0.05, 0) is 45.7 Å². The van der Waals surface area contributed by atoms with Crippen molar-refractivity contribution in [3.8, 4) is 0 Å². The second kappa shape index (κ2) is 6.23. The topological polar surface area (TPSA) is 49.6 Å². The van der Waals surface area contributed by atoms with E-state index >= 15 is 0 Å². The van der Waals surface area contributed by atoms with Crippen molar-refractivity contribution in [2.75, 3.05) is 27.2 Å². The molecule has 0 bridgehead atoms. The summed E-state index contributed by atoms with van der Waals surface area (Å²) in [6.07, 6.45) is 8.91. The number of hydrogen-bond donors (Lipinski definition) is 1. The number of likely N-dealkylation sites (tertiary alicyclic amines) is 1. The van der Waals surface area contributed by atoms with E-state index in [9.17, 15) is 4.79 Å². The molecule has 4 nitrogen and oxygen atoms in total. The van der Waals surface area contributed by atoms with Crippen molar-refractivity contribution in [2.45, 2.75) is 62.9 Å².